The number of amides is 1. The van der Waals surface area contributed by atoms with Crippen LogP contribution in [-0.2, 0) is 6.42 Å². The highest BCUT2D eigenvalue weighted by Crippen LogP contribution is 2.47. The van der Waals surface area contributed by atoms with Crippen LogP contribution in [0.15, 0.2) is 66.7 Å². The zero-order valence-electron chi connectivity index (χ0n) is 22.6. The minimum atomic E-state index is -0.261. The number of rotatable bonds is 8. The molecule has 0 N–H and O–H groups in total. The van der Waals surface area contributed by atoms with Gasteiger partial charge in [0.2, 0.25) is 5.75 Å². The first-order valence-electron chi connectivity index (χ1n) is 12.5. The van der Waals surface area contributed by atoms with Crippen LogP contribution < -0.4 is 23.7 Å². The summed E-state index contributed by atoms with van der Waals surface area (Å²) < 4.78 is 27.8. The molecular formula is C31H31NO6S. The maximum absolute atomic E-state index is 14.1. The molecule has 7 nitrogen and oxygen atoms in total. The molecule has 0 radical (unpaired) electrons. The van der Waals surface area contributed by atoms with Crippen LogP contribution in [0.3, 0.4) is 0 Å². The maximum atomic E-state index is 14.1. The van der Waals surface area contributed by atoms with Crippen molar-refractivity contribution in [3.05, 3.63) is 88.3 Å². The molecule has 8 heteroatoms. The van der Waals surface area contributed by atoms with E-state index < -0.39 is 0 Å². The Balaban J connectivity index is 1.55. The predicted molar refractivity (Wildman–Crippen MR) is 152 cm³/mol. The number of methoxy groups -OCH3 is 5. The van der Waals surface area contributed by atoms with Gasteiger partial charge in [0.25, 0.3) is 5.91 Å². The minimum absolute atomic E-state index is 0.0278. The Morgan fingerprint density at radius 2 is 1.46 bits per heavy atom. The smallest absolute Gasteiger partial charge is 0.264 e. The fraction of sp³-hybridized carbons (Fsp3) is 0.258. The van der Waals surface area contributed by atoms with E-state index in [2.05, 4.69) is 12.1 Å². The summed E-state index contributed by atoms with van der Waals surface area (Å²) in [5.41, 5.74) is 4.06. The van der Waals surface area contributed by atoms with Gasteiger partial charge in [0, 0.05) is 17.0 Å². The molecule has 0 unspecified atom stereocenters. The zero-order valence-corrected chi connectivity index (χ0v) is 23.5. The monoisotopic (exact) mass is 545 g/mol. The number of carbonyl (C=O) groups is 1. The summed E-state index contributed by atoms with van der Waals surface area (Å²) in [6.45, 7) is 0.577. The van der Waals surface area contributed by atoms with Crippen molar-refractivity contribution in [1.82, 2.24) is 4.90 Å². The lowest BCUT2D eigenvalue weighted by molar-refractivity contribution is 0.0699. The number of hydrogen-bond acceptors (Lipinski definition) is 7. The average molecular weight is 546 g/mol. The van der Waals surface area contributed by atoms with Gasteiger partial charge in [-0.25, -0.2) is 0 Å². The molecule has 0 bridgehead atoms. The number of thiophene rings is 1. The fourth-order valence-corrected chi connectivity index (χ4v) is 6.18. The van der Waals surface area contributed by atoms with Gasteiger partial charge in [-0.05, 0) is 59.5 Å². The second-order valence-corrected chi connectivity index (χ2v) is 10.1. The molecular weight excluding hydrogens is 514 g/mol. The van der Waals surface area contributed by atoms with Crippen LogP contribution in [0, 0.1) is 0 Å². The normalized spacial score (nSPS) is 14.4. The lowest BCUT2D eigenvalue weighted by Crippen LogP contribution is -2.40. The molecule has 0 aliphatic carbocycles. The van der Waals surface area contributed by atoms with E-state index in [1.54, 1.807) is 35.5 Å². The molecule has 0 saturated heterocycles. The molecule has 5 rings (SSSR count). The first-order valence-corrected chi connectivity index (χ1v) is 13.4. The van der Waals surface area contributed by atoms with Crippen molar-refractivity contribution in [2.24, 2.45) is 0 Å². The summed E-state index contributed by atoms with van der Waals surface area (Å²) >= 11 is 1.43. The molecule has 39 heavy (non-hydrogen) atoms. The van der Waals surface area contributed by atoms with E-state index in [-0.39, 0.29) is 11.9 Å². The van der Waals surface area contributed by atoms with Crippen LogP contribution in [0.4, 0.5) is 0 Å². The second kappa shape index (κ2) is 11.3. The van der Waals surface area contributed by atoms with Crippen molar-refractivity contribution in [2.75, 3.05) is 42.1 Å². The quantitative estimate of drug-likeness (QED) is 0.261. The molecule has 1 aromatic heterocycles. The number of ether oxygens (including phenoxy) is 5. The summed E-state index contributed by atoms with van der Waals surface area (Å²) in [5.74, 6) is 2.96. The van der Waals surface area contributed by atoms with Gasteiger partial charge in [-0.3, -0.25) is 4.79 Å². The largest absolute Gasteiger partial charge is 0.493 e. The third kappa shape index (κ3) is 4.76. The van der Waals surface area contributed by atoms with Gasteiger partial charge in [0.1, 0.15) is 0 Å². The summed E-state index contributed by atoms with van der Waals surface area (Å²) in [5, 5.41) is 0. The molecule has 4 aromatic rings. The van der Waals surface area contributed by atoms with Crippen molar-refractivity contribution >= 4 is 17.2 Å². The van der Waals surface area contributed by atoms with Gasteiger partial charge >= 0.3 is 0 Å². The topological polar surface area (TPSA) is 66.5 Å². The average Bonchev–Trinajstić information content (AvgIpc) is 3.49. The molecule has 0 fully saturated rings. The Bertz CT molecular complexity index is 1480. The van der Waals surface area contributed by atoms with Crippen LogP contribution in [0.2, 0.25) is 0 Å². The third-order valence-corrected chi connectivity index (χ3v) is 8.14. The van der Waals surface area contributed by atoms with E-state index in [0.717, 1.165) is 27.1 Å². The SMILES string of the molecule is COc1cc2c(cc1OC)[C@@H](c1ccccc1)N(C(=O)c1ccc(-c3ccc(OC)c(OC)c3OC)s1)CC2. The number of benzene rings is 3. The third-order valence-electron chi connectivity index (χ3n) is 7.04. The van der Waals surface area contributed by atoms with Gasteiger partial charge in [-0.15, -0.1) is 11.3 Å². The molecule has 202 valence electrons. The number of nitrogens with zero attached hydrogens (tertiary/aromatic N) is 1. The van der Waals surface area contributed by atoms with Crippen molar-refractivity contribution in [2.45, 2.75) is 12.5 Å². The van der Waals surface area contributed by atoms with Crippen LogP contribution >= 0.6 is 11.3 Å². The van der Waals surface area contributed by atoms with E-state index in [0.29, 0.717) is 46.6 Å². The molecule has 1 amide bonds. The first-order chi connectivity index (χ1) is 19.0. The van der Waals surface area contributed by atoms with Crippen LogP contribution in [0.5, 0.6) is 28.7 Å². The van der Waals surface area contributed by atoms with Gasteiger partial charge < -0.3 is 28.6 Å². The van der Waals surface area contributed by atoms with Gasteiger partial charge in [0.05, 0.1) is 46.5 Å². The molecule has 1 atom stereocenters. The Labute approximate surface area is 232 Å². The first kappa shape index (κ1) is 26.4. The Morgan fingerprint density at radius 1 is 0.769 bits per heavy atom. The van der Waals surface area contributed by atoms with Crippen molar-refractivity contribution in [3.63, 3.8) is 0 Å². The summed E-state index contributed by atoms with van der Waals surface area (Å²) in [6, 6.07) is 21.5. The standard InChI is InChI=1S/C31H31NO6S/c1-34-23-12-11-21(29(37-4)30(23)38-5)26-13-14-27(39-26)31(33)32-16-15-20-17-24(35-2)25(36-3)18-22(20)28(32)19-9-7-6-8-10-19/h6-14,17-18,28H,15-16H2,1-5H3/t28-/m1/s1. The molecule has 0 saturated carbocycles. The molecule has 1 aliphatic heterocycles. The van der Waals surface area contributed by atoms with Crippen LogP contribution in [-0.4, -0.2) is 52.9 Å². The van der Waals surface area contributed by atoms with E-state index in [1.807, 2.05) is 59.5 Å². The highest BCUT2D eigenvalue weighted by molar-refractivity contribution is 7.17. The lowest BCUT2D eigenvalue weighted by Gasteiger charge is -2.38. The van der Waals surface area contributed by atoms with Crippen molar-refractivity contribution < 1.29 is 28.5 Å². The summed E-state index contributed by atoms with van der Waals surface area (Å²) in [6.07, 6.45) is 0.715. The number of fused-ring (bicyclic) bond motifs is 1. The summed E-state index contributed by atoms with van der Waals surface area (Å²) in [7, 11) is 8.03. The minimum Gasteiger partial charge on any atom is -0.493 e. The van der Waals surface area contributed by atoms with Crippen molar-refractivity contribution in [3.8, 4) is 39.2 Å². The molecule has 3 aromatic carbocycles. The molecule has 1 aliphatic rings. The number of carbonyl (C=O) groups excluding carboxylic acids is 1. The Hall–Kier alpha value is -4.17. The van der Waals surface area contributed by atoms with E-state index in [9.17, 15) is 4.79 Å². The summed E-state index contributed by atoms with van der Waals surface area (Å²) in [4.78, 5) is 17.6. The van der Waals surface area contributed by atoms with E-state index >= 15 is 0 Å². The Kier molecular flexibility index (Phi) is 7.65. The lowest BCUT2D eigenvalue weighted by atomic mass is 9.87. The van der Waals surface area contributed by atoms with Crippen LogP contribution in [0.25, 0.3) is 10.4 Å². The zero-order chi connectivity index (χ0) is 27.5. The molecule has 0 spiro atoms. The molecule has 2 heterocycles. The van der Waals surface area contributed by atoms with E-state index in [4.69, 9.17) is 23.7 Å². The fourth-order valence-electron chi connectivity index (χ4n) is 5.19. The highest BCUT2D eigenvalue weighted by Gasteiger charge is 2.34. The van der Waals surface area contributed by atoms with Gasteiger partial charge in [-0.1, -0.05) is 30.3 Å². The maximum Gasteiger partial charge on any atom is 0.264 e. The van der Waals surface area contributed by atoms with Crippen LogP contribution in [0.1, 0.15) is 32.4 Å². The van der Waals surface area contributed by atoms with Gasteiger partial charge in [-0.2, -0.15) is 0 Å². The number of hydrogen-bond donors (Lipinski definition) is 0. The second-order valence-electron chi connectivity index (χ2n) is 9.01. The van der Waals surface area contributed by atoms with Gasteiger partial charge in [0.15, 0.2) is 23.0 Å². The Morgan fingerprint density at radius 3 is 2.13 bits per heavy atom. The predicted octanol–water partition coefficient (Wildman–Crippen LogP) is 6.25. The highest BCUT2D eigenvalue weighted by atomic mass is 32.1. The van der Waals surface area contributed by atoms with Crippen molar-refractivity contribution in [1.29, 1.82) is 0 Å². The van der Waals surface area contributed by atoms with E-state index in [1.165, 1.54) is 11.3 Å².